The average Bonchev–Trinajstić information content (AvgIpc) is 3.58. The van der Waals surface area contributed by atoms with Gasteiger partial charge in [-0.25, -0.2) is 0 Å². The number of ketones is 1. The summed E-state index contributed by atoms with van der Waals surface area (Å²) in [5.41, 5.74) is -2.06. The summed E-state index contributed by atoms with van der Waals surface area (Å²) in [5, 5.41) is 24.5. The van der Waals surface area contributed by atoms with Gasteiger partial charge in [0, 0.05) is 41.9 Å². The first-order valence-corrected chi connectivity index (χ1v) is 20.4. The van der Waals surface area contributed by atoms with Crippen molar-refractivity contribution in [3.8, 4) is 16.2 Å². The van der Waals surface area contributed by atoms with E-state index >= 15 is 0 Å². The van der Waals surface area contributed by atoms with Gasteiger partial charge in [0.1, 0.15) is 46.5 Å². The van der Waals surface area contributed by atoms with Gasteiger partial charge in [-0.05, 0) is 84.9 Å². The van der Waals surface area contributed by atoms with Crippen LogP contribution in [0.5, 0.6) is 5.75 Å². The molecule has 2 aromatic rings. The Balaban J connectivity index is 0.986. The molecule has 0 unspecified atom stereocenters. The zero-order valence-corrected chi connectivity index (χ0v) is 31.9. The van der Waals surface area contributed by atoms with Crippen molar-refractivity contribution in [1.82, 2.24) is 0 Å². The minimum absolute atomic E-state index is 0.0178. The van der Waals surface area contributed by atoms with Crippen molar-refractivity contribution in [2.24, 2.45) is 34.0 Å². The van der Waals surface area contributed by atoms with Crippen LogP contribution in [0.2, 0.25) is 0 Å². The van der Waals surface area contributed by atoms with E-state index in [2.05, 4.69) is 6.58 Å². The van der Waals surface area contributed by atoms with Crippen molar-refractivity contribution in [2.75, 3.05) is 19.8 Å². The largest absolute Gasteiger partial charge is 0.490 e. The maximum absolute atomic E-state index is 14.4. The van der Waals surface area contributed by atoms with Crippen molar-refractivity contribution >= 4 is 56.6 Å². The highest BCUT2D eigenvalue weighted by Crippen LogP contribution is 2.77. The Morgan fingerprint density at radius 2 is 1.77 bits per heavy atom. The SMILES string of the molecule is C=C1C(=O)[C@]23[C@H](OC(=O)CCCC(=O)OCCOc4ccc(-c5cc(=S)ss5)cc4)[C@H]1CC[C@H]2[C@@]12CO[C@@]3(O)[C@@H](O)[C@@H]1C(C)(C)CC[C@@H]2OC(C)=O. The first-order valence-electron chi connectivity index (χ1n) is 17.8. The van der Waals surface area contributed by atoms with Crippen molar-refractivity contribution in [2.45, 2.75) is 89.8 Å². The number of hydrogen-bond acceptors (Lipinski definition) is 14. The third kappa shape index (κ3) is 5.70. The summed E-state index contributed by atoms with van der Waals surface area (Å²) in [6.07, 6.45) is -1.33. The molecule has 0 radical (unpaired) electrons. The van der Waals surface area contributed by atoms with Crippen LogP contribution in [0.4, 0.5) is 0 Å². The molecule has 2 saturated heterocycles. The molecule has 1 aromatic heterocycles. The lowest BCUT2D eigenvalue weighted by Crippen LogP contribution is -2.86. The molecule has 3 heterocycles. The van der Waals surface area contributed by atoms with Crippen molar-refractivity contribution in [3.63, 3.8) is 0 Å². The minimum Gasteiger partial charge on any atom is -0.490 e. The molecule has 280 valence electrons. The number of aliphatic hydroxyl groups is 2. The Labute approximate surface area is 314 Å². The van der Waals surface area contributed by atoms with Crippen LogP contribution in [-0.2, 0) is 38.1 Å². The number of carbonyl (C=O) groups is 4. The molecule has 52 heavy (non-hydrogen) atoms. The number of ether oxygens (including phenoxy) is 5. The van der Waals surface area contributed by atoms with E-state index in [0.717, 1.165) is 14.3 Å². The van der Waals surface area contributed by atoms with Gasteiger partial charge in [-0.1, -0.05) is 53.3 Å². The van der Waals surface area contributed by atoms with Gasteiger partial charge in [0.15, 0.2) is 5.78 Å². The van der Waals surface area contributed by atoms with Gasteiger partial charge in [0.05, 0.1) is 6.61 Å². The fourth-order valence-corrected chi connectivity index (χ4v) is 12.8. The number of aliphatic hydroxyl groups excluding tert-OH is 1. The molecule has 9 atom stereocenters. The second-order valence-electron chi connectivity index (χ2n) is 15.5. The quantitative estimate of drug-likeness (QED) is 0.0708. The van der Waals surface area contributed by atoms with E-state index < -0.39 is 81.8 Å². The van der Waals surface area contributed by atoms with Gasteiger partial charge in [0.2, 0.25) is 5.79 Å². The van der Waals surface area contributed by atoms with Crippen molar-refractivity contribution < 1.29 is 53.1 Å². The highest BCUT2D eigenvalue weighted by atomic mass is 32.9. The molecule has 2 spiro atoms. The van der Waals surface area contributed by atoms with Crippen LogP contribution in [0.1, 0.15) is 65.7 Å². The molecule has 4 aliphatic carbocycles. The van der Waals surface area contributed by atoms with Gasteiger partial charge < -0.3 is 33.9 Å². The van der Waals surface area contributed by atoms with E-state index in [1.54, 1.807) is 20.7 Å². The molecule has 14 heteroatoms. The highest BCUT2D eigenvalue weighted by molar-refractivity contribution is 7.80. The van der Waals surface area contributed by atoms with E-state index in [0.29, 0.717) is 31.4 Å². The zero-order valence-electron chi connectivity index (χ0n) is 29.4. The fraction of sp³-hybridized carbons (Fsp3) is 0.605. The van der Waals surface area contributed by atoms with Crippen molar-refractivity contribution in [3.05, 3.63) is 46.3 Å². The monoisotopic (exact) mass is 772 g/mol. The van der Waals surface area contributed by atoms with Crippen molar-refractivity contribution in [1.29, 1.82) is 0 Å². The van der Waals surface area contributed by atoms with Crippen LogP contribution >= 0.6 is 32.9 Å². The third-order valence-corrected chi connectivity index (χ3v) is 15.3. The number of rotatable bonds is 11. The van der Waals surface area contributed by atoms with Crippen LogP contribution in [0.15, 0.2) is 42.5 Å². The van der Waals surface area contributed by atoms with Crippen LogP contribution in [0.25, 0.3) is 10.4 Å². The summed E-state index contributed by atoms with van der Waals surface area (Å²) >= 11 is 5.20. The van der Waals surface area contributed by atoms with E-state index in [1.165, 1.54) is 6.92 Å². The zero-order chi connectivity index (χ0) is 37.2. The first kappa shape index (κ1) is 37.3. The number of esters is 3. The van der Waals surface area contributed by atoms with Gasteiger partial charge in [-0.2, -0.15) is 0 Å². The summed E-state index contributed by atoms with van der Waals surface area (Å²) in [7, 11) is 3.17. The standard InChI is InChI=1S/C38H44O11S3/c1-20-24-12-13-26-36-19-47-38(44,33(43)31(36)35(3,4)15-14-27(36)48-21(2)39)37(26,32(20)42)34(24)49-29(41)7-5-6-28(40)46-17-16-45-23-10-8-22(9-11-23)25-18-30(50)52-51-25/h8-11,18,24,26-27,31,33-34,43-44H,1,5-7,12-17,19H2,2-4H3/t24-,26-,27-,31+,33-,34+,36+,37-,38-/m0/s1. The summed E-state index contributed by atoms with van der Waals surface area (Å²) in [4.78, 5) is 53.8. The van der Waals surface area contributed by atoms with Gasteiger partial charge >= 0.3 is 17.9 Å². The van der Waals surface area contributed by atoms with E-state index in [9.17, 15) is 29.4 Å². The lowest BCUT2D eigenvalue weighted by molar-refractivity contribution is -0.458. The fourth-order valence-electron chi connectivity index (χ4n) is 10.4. The topological polar surface area (TPSA) is 155 Å². The van der Waals surface area contributed by atoms with E-state index in [1.807, 2.05) is 44.2 Å². The Morgan fingerprint density at radius 3 is 2.46 bits per heavy atom. The predicted octanol–water partition coefficient (Wildman–Crippen LogP) is 5.81. The Kier molecular flexibility index (Phi) is 9.82. The normalized spacial score (nSPS) is 35.3. The predicted molar refractivity (Wildman–Crippen MR) is 193 cm³/mol. The summed E-state index contributed by atoms with van der Waals surface area (Å²) < 4.78 is 30.0. The number of benzene rings is 1. The Bertz CT molecular complexity index is 1830. The number of carbonyl (C=O) groups excluding carboxylic acids is 4. The Morgan fingerprint density at radius 1 is 1.04 bits per heavy atom. The molecule has 6 fully saturated rings. The van der Waals surface area contributed by atoms with Gasteiger partial charge in [-0.15, -0.1) is 0 Å². The third-order valence-electron chi connectivity index (χ3n) is 12.4. The minimum atomic E-state index is -2.35. The van der Waals surface area contributed by atoms with Crippen LogP contribution in [0.3, 0.4) is 0 Å². The highest BCUT2D eigenvalue weighted by Gasteiger charge is 2.88. The molecule has 2 aliphatic heterocycles. The average molecular weight is 773 g/mol. The number of fused-ring (bicyclic) bond motifs is 2. The number of hydrogen-bond donors (Lipinski definition) is 2. The maximum atomic E-state index is 14.4. The smallest absolute Gasteiger partial charge is 0.306 e. The molecule has 2 N–H and O–H groups in total. The maximum Gasteiger partial charge on any atom is 0.306 e. The summed E-state index contributed by atoms with van der Waals surface area (Å²) in [6.45, 7) is 9.60. The lowest BCUT2D eigenvalue weighted by Gasteiger charge is -2.74. The van der Waals surface area contributed by atoms with E-state index in [4.69, 9.17) is 35.9 Å². The summed E-state index contributed by atoms with van der Waals surface area (Å²) in [5.74, 6) is -5.59. The summed E-state index contributed by atoms with van der Waals surface area (Å²) in [6, 6.07) is 9.54. The van der Waals surface area contributed by atoms with Crippen LogP contribution in [-0.4, -0.2) is 77.8 Å². The van der Waals surface area contributed by atoms with Crippen LogP contribution in [0, 0.1) is 37.8 Å². The first-order chi connectivity index (χ1) is 24.7. The second kappa shape index (κ2) is 13.7. The van der Waals surface area contributed by atoms with Gasteiger partial charge in [0.25, 0.3) is 0 Å². The second-order valence-corrected chi connectivity index (χ2v) is 18.4. The molecular weight excluding hydrogens is 729 g/mol. The molecule has 4 saturated carbocycles. The van der Waals surface area contributed by atoms with E-state index in [-0.39, 0.29) is 44.7 Å². The van der Waals surface area contributed by atoms with Gasteiger partial charge in [-0.3, -0.25) is 19.2 Å². The number of Topliss-reactive ketones (excluding diaryl/α,β-unsaturated/α-hetero) is 1. The molecule has 6 aliphatic rings. The molecule has 8 rings (SSSR count). The lowest BCUT2D eigenvalue weighted by atomic mass is 9.35. The molecule has 4 bridgehead atoms. The Hall–Kier alpha value is -3.01. The molecule has 11 nitrogen and oxygen atoms in total. The van der Waals surface area contributed by atoms with Crippen LogP contribution < -0.4 is 4.74 Å². The molecule has 1 aromatic carbocycles. The molecular formula is C38H44O11S3. The molecule has 0 amide bonds.